The molecule has 1 N–H and O–H groups in total. The van der Waals surface area contributed by atoms with E-state index >= 15 is 0 Å². The average molecular weight is 199 g/mol. The Morgan fingerprint density at radius 1 is 1.27 bits per heavy atom. The Hall–Kier alpha value is -2.16. The van der Waals surface area contributed by atoms with Gasteiger partial charge in [-0.2, -0.15) is 0 Å². The molecule has 0 radical (unpaired) electrons. The molecule has 15 heavy (non-hydrogen) atoms. The van der Waals surface area contributed by atoms with Gasteiger partial charge in [-0.15, -0.1) is 0 Å². The molecule has 0 atom stereocenters. The normalized spacial score (nSPS) is 10.9. The molecule has 0 bridgehead atoms. The molecule has 0 fully saturated rings. The topological polar surface area (TPSA) is 50.2 Å². The molecule has 2 rings (SSSR count). The van der Waals surface area contributed by atoms with Crippen LogP contribution >= 0.6 is 0 Å². The molecular weight excluding hydrogens is 190 g/mol. The molecule has 3 nitrogen and oxygen atoms in total. The Morgan fingerprint density at radius 3 is 2.87 bits per heavy atom. The quantitative estimate of drug-likeness (QED) is 0.755. The summed E-state index contributed by atoms with van der Waals surface area (Å²) in [4.78, 5) is 14.6. The Morgan fingerprint density at radius 2 is 2.07 bits per heavy atom. The van der Waals surface area contributed by atoms with E-state index in [9.17, 15) is 4.79 Å². The number of fused-ring (bicyclic) bond motifs is 1. The highest BCUT2D eigenvalue weighted by Gasteiger charge is 1.98. The zero-order valence-electron chi connectivity index (χ0n) is 7.92. The van der Waals surface area contributed by atoms with Gasteiger partial charge >= 0.3 is 5.97 Å². The summed E-state index contributed by atoms with van der Waals surface area (Å²) in [5, 5.41) is 9.54. The predicted molar refractivity (Wildman–Crippen MR) is 58.4 cm³/mol. The van der Waals surface area contributed by atoms with Gasteiger partial charge in [-0.1, -0.05) is 24.3 Å². The third-order valence-electron chi connectivity index (χ3n) is 2.07. The number of aromatic nitrogens is 1. The van der Waals surface area contributed by atoms with Crippen molar-refractivity contribution in [3.8, 4) is 0 Å². The van der Waals surface area contributed by atoms with Crippen molar-refractivity contribution in [3.63, 3.8) is 0 Å². The van der Waals surface area contributed by atoms with E-state index in [1.807, 2.05) is 30.3 Å². The number of rotatable bonds is 2. The number of para-hydroxylation sites is 1. The van der Waals surface area contributed by atoms with Crippen LogP contribution in [0.3, 0.4) is 0 Å². The first-order valence-corrected chi connectivity index (χ1v) is 4.52. The summed E-state index contributed by atoms with van der Waals surface area (Å²) < 4.78 is 0. The summed E-state index contributed by atoms with van der Waals surface area (Å²) >= 11 is 0. The molecule has 0 unspecified atom stereocenters. The summed E-state index contributed by atoms with van der Waals surface area (Å²) in [6, 6.07) is 9.47. The van der Waals surface area contributed by atoms with Crippen LogP contribution in [0.15, 0.2) is 42.6 Å². The minimum absolute atomic E-state index is 0.815. The predicted octanol–water partition coefficient (Wildman–Crippen LogP) is 2.33. The zero-order chi connectivity index (χ0) is 10.7. The van der Waals surface area contributed by atoms with E-state index in [1.165, 1.54) is 0 Å². The van der Waals surface area contributed by atoms with Crippen LogP contribution in [-0.4, -0.2) is 16.1 Å². The SMILES string of the molecule is O=C(O)C=Cc1cccc2cccnc12. The van der Waals surface area contributed by atoms with Crippen molar-refractivity contribution in [1.29, 1.82) is 0 Å². The van der Waals surface area contributed by atoms with Crippen molar-refractivity contribution in [1.82, 2.24) is 4.98 Å². The summed E-state index contributed by atoms with van der Waals surface area (Å²) in [5.74, 6) is -0.956. The smallest absolute Gasteiger partial charge is 0.328 e. The van der Waals surface area contributed by atoms with Crippen LogP contribution in [0, 0.1) is 0 Å². The standard InChI is InChI=1S/C12H9NO2/c14-11(15)7-6-10-4-1-3-9-5-2-8-13-12(9)10/h1-8H,(H,14,15). The van der Waals surface area contributed by atoms with Crippen molar-refractivity contribution >= 4 is 22.9 Å². The third kappa shape index (κ3) is 2.02. The first-order chi connectivity index (χ1) is 7.27. The van der Waals surface area contributed by atoms with Crippen molar-refractivity contribution in [2.45, 2.75) is 0 Å². The van der Waals surface area contributed by atoms with Gasteiger partial charge in [-0.05, 0) is 12.1 Å². The van der Waals surface area contributed by atoms with Gasteiger partial charge in [0.25, 0.3) is 0 Å². The fourth-order valence-electron chi connectivity index (χ4n) is 1.42. The molecule has 0 saturated carbocycles. The van der Waals surface area contributed by atoms with Crippen molar-refractivity contribution in [2.75, 3.05) is 0 Å². The molecule has 1 heterocycles. The maximum Gasteiger partial charge on any atom is 0.328 e. The Bertz CT molecular complexity index is 527. The number of aliphatic carboxylic acids is 1. The lowest BCUT2D eigenvalue weighted by Crippen LogP contribution is -1.87. The molecule has 1 aromatic carbocycles. The second kappa shape index (κ2) is 3.92. The van der Waals surface area contributed by atoms with Gasteiger partial charge in [0.1, 0.15) is 0 Å². The summed E-state index contributed by atoms with van der Waals surface area (Å²) in [6.45, 7) is 0. The molecule has 0 spiro atoms. The summed E-state index contributed by atoms with van der Waals surface area (Å²) in [6.07, 6.45) is 4.36. The van der Waals surface area contributed by atoms with Crippen LogP contribution in [-0.2, 0) is 4.79 Å². The lowest BCUT2D eigenvalue weighted by molar-refractivity contribution is -0.131. The van der Waals surface area contributed by atoms with E-state index < -0.39 is 5.97 Å². The number of hydrogen-bond donors (Lipinski definition) is 1. The largest absolute Gasteiger partial charge is 0.478 e. The second-order valence-electron chi connectivity index (χ2n) is 3.09. The molecule has 0 amide bonds. The van der Waals surface area contributed by atoms with Gasteiger partial charge in [-0.3, -0.25) is 4.98 Å². The molecule has 0 aliphatic rings. The third-order valence-corrected chi connectivity index (χ3v) is 2.07. The second-order valence-corrected chi connectivity index (χ2v) is 3.09. The number of hydrogen-bond acceptors (Lipinski definition) is 2. The molecule has 0 saturated heterocycles. The molecule has 3 heteroatoms. The number of benzene rings is 1. The minimum atomic E-state index is -0.956. The average Bonchev–Trinajstić information content (AvgIpc) is 2.26. The Balaban J connectivity index is 2.56. The monoisotopic (exact) mass is 199 g/mol. The number of carboxylic acids is 1. The lowest BCUT2D eigenvalue weighted by Gasteiger charge is -1.99. The number of carbonyl (C=O) groups is 1. The lowest BCUT2D eigenvalue weighted by atomic mass is 10.1. The van der Waals surface area contributed by atoms with E-state index in [-0.39, 0.29) is 0 Å². The minimum Gasteiger partial charge on any atom is -0.478 e. The molecule has 1 aromatic heterocycles. The number of pyridine rings is 1. The summed E-state index contributed by atoms with van der Waals surface area (Å²) in [7, 11) is 0. The van der Waals surface area contributed by atoms with E-state index in [1.54, 1.807) is 12.3 Å². The van der Waals surface area contributed by atoms with Gasteiger partial charge in [0, 0.05) is 23.2 Å². The maximum atomic E-state index is 10.4. The number of nitrogens with zero attached hydrogens (tertiary/aromatic N) is 1. The number of carboxylic acid groups (broad SMARTS) is 1. The molecule has 2 aromatic rings. The van der Waals surface area contributed by atoms with Gasteiger partial charge in [-0.25, -0.2) is 4.79 Å². The summed E-state index contributed by atoms with van der Waals surface area (Å²) in [5.41, 5.74) is 1.63. The molecule has 0 aliphatic heterocycles. The first-order valence-electron chi connectivity index (χ1n) is 4.52. The Labute approximate surface area is 86.7 Å². The van der Waals surface area contributed by atoms with Crippen LogP contribution in [0.4, 0.5) is 0 Å². The van der Waals surface area contributed by atoms with Gasteiger partial charge in [0.2, 0.25) is 0 Å². The first kappa shape index (κ1) is 9.40. The van der Waals surface area contributed by atoms with E-state index in [0.717, 1.165) is 22.5 Å². The van der Waals surface area contributed by atoms with Crippen LogP contribution in [0.2, 0.25) is 0 Å². The van der Waals surface area contributed by atoms with E-state index in [0.29, 0.717) is 0 Å². The highest BCUT2D eigenvalue weighted by molar-refractivity contribution is 5.92. The highest BCUT2D eigenvalue weighted by atomic mass is 16.4. The van der Waals surface area contributed by atoms with Crippen molar-refractivity contribution < 1.29 is 9.90 Å². The van der Waals surface area contributed by atoms with Gasteiger partial charge < -0.3 is 5.11 Å². The van der Waals surface area contributed by atoms with E-state index in [2.05, 4.69) is 4.98 Å². The highest BCUT2D eigenvalue weighted by Crippen LogP contribution is 2.16. The molecular formula is C12H9NO2. The van der Waals surface area contributed by atoms with Crippen LogP contribution in [0.25, 0.3) is 17.0 Å². The fraction of sp³-hybridized carbons (Fsp3) is 0. The van der Waals surface area contributed by atoms with Crippen molar-refractivity contribution in [2.24, 2.45) is 0 Å². The van der Waals surface area contributed by atoms with Crippen LogP contribution < -0.4 is 0 Å². The van der Waals surface area contributed by atoms with Crippen molar-refractivity contribution in [3.05, 3.63) is 48.2 Å². The molecule has 74 valence electrons. The van der Waals surface area contributed by atoms with E-state index in [4.69, 9.17) is 5.11 Å². The zero-order valence-corrected chi connectivity index (χ0v) is 7.92. The van der Waals surface area contributed by atoms with Crippen LogP contribution in [0.5, 0.6) is 0 Å². The van der Waals surface area contributed by atoms with Gasteiger partial charge in [0.15, 0.2) is 0 Å². The fourth-order valence-corrected chi connectivity index (χ4v) is 1.42. The molecule has 0 aliphatic carbocycles. The van der Waals surface area contributed by atoms with Gasteiger partial charge in [0.05, 0.1) is 5.52 Å². The Kier molecular flexibility index (Phi) is 2.46. The van der Waals surface area contributed by atoms with Crippen LogP contribution in [0.1, 0.15) is 5.56 Å². The maximum absolute atomic E-state index is 10.4.